The van der Waals surface area contributed by atoms with E-state index in [0.717, 1.165) is 10.1 Å². The van der Waals surface area contributed by atoms with Crippen LogP contribution in [0.3, 0.4) is 0 Å². The summed E-state index contributed by atoms with van der Waals surface area (Å²) in [6, 6.07) is 9.80. The molecule has 4 rings (SSSR count). The Morgan fingerprint density at radius 3 is 2.55 bits per heavy atom. The van der Waals surface area contributed by atoms with Gasteiger partial charge in [0.2, 0.25) is 11.8 Å². The monoisotopic (exact) mass is 631 g/mol. The van der Waals surface area contributed by atoms with Gasteiger partial charge >= 0.3 is 12.1 Å². The number of esters is 1. The van der Waals surface area contributed by atoms with Crippen LogP contribution in [0.25, 0.3) is 16.2 Å². The van der Waals surface area contributed by atoms with E-state index in [1.165, 1.54) is 29.4 Å². The second-order valence-corrected chi connectivity index (χ2v) is 11.7. The predicted octanol–water partition coefficient (Wildman–Crippen LogP) is 5.94. The Hall–Kier alpha value is -3.60. The van der Waals surface area contributed by atoms with E-state index >= 15 is 0 Å². The molecular weight excluding hydrogens is 601 g/mol. The number of carbonyl (C=O) groups excluding carboxylic acids is 4. The molecule has 3 amide bonds. The highest BCUT2D eigenvalue weighted by atomic mass is 35.5. The minimum Gasteiger partial charge on any atom is -0.469 e. The van der Waals surface area contributed by atoms with E-state index < -0.39 is 18.1 Å². The Morgan fingerprint density at radius 2 is 1.86 bits per heavy atom. The number of thiophene rings is 1. The maximum absolute atomic E-state index is 13.2. The normalized spacial score (nSPS) is 14.5. The summed E-state index contributed by atoms with van der Waals surface area (Å²) in [4.78, 5) is 53.2. The van der Waals surface area contributed by atoms with Gasteiger partial charge in [0.15, 0.2) is 0 Å². The van der Waals surface area contributed by atoms with Crippen LogP contribution in [0.1, 0.15) is 36.4 Å². The number of methoxy groups -OCH3 is 1. The molecule has 3 aromatic rings. The second-order valence-electron chi connectivity index (χ2n) is 10.0. The van der Waals surface area contributed by atoms with Gasteiger partial charge in [-0.3, -0.25) is 14.4 Å². The van der Waals surface area contributed by atoms with Crippen LogP contribution < -0.4 is 10.1 Å². The van der Waals surface area contributed by atoms with E-state index in [1.54, 1.807) is 49.3 Å². The van der Waals surface area contributed by atoms with Crippen LogP contribution in [0.5, 0.6) is 5.75 Å². The van der Waals surface area contributed by atoms with Crippen molar-refractivity contribution in [2.24, 2.45) is 5.92 Å². The molecule has 0 radical (unpaired) electrons. The van der Waals surface area contributed by atoms with E-state index in [9.17, 15) is 19.2 Å². The number of piperidine rings is 1. The van der Waals surface area contributed by atoms with E-state index in [2.05, 4.69) is 5.32 Å². The van der Waals surface area contributed by atoms with Crippen molar-refractivity contribution in [1.29, 1.82) is 0 Å². The average Bonchev–Trinajstić information content (AvgIpc) is 3.46. The quantitative estimate of drug-likeness (QED) is 0.244. The summed E-state index contributed by atoms with van der Waals surface area (Å²) in [5.74, 6) is -0.967. The van der Waals surface area contributed by atoms with Gasteiger partial charge in [0, 0.05) is 39.2 Å². The molecule has 0 spiro atoms. The third-order valence-electron chi connectivity index (χ3n) is 6.98. The summed E-state index contributed by atoms with van der Waals surface area (Å²) in [5.41, 5.74) is 1.25. The van der Waals surface area contributed by atoms with Crippen LogP contribution in [-0.2, 0) is 19.1 Å². The molecule has 9 nitrogen and oxygen atoms in total. The fraction of sp³-hybridized carbons (Fsp3) is 0.333. The highest BCUT2D eigenvalue weighted by Gasteiger charge is 2.29. The lowest BCUT2D eigenvalue weighted by Gasteiger charge is -2.31. The zero-order valence-corrected chi connectivity index (χ0v) is 25.7. The molecule has 0 aliphatic carbocycles. The first-order valence-corrected chi connectivity index (χ1v) is 14.9. The summed E-state index contributed by atoms with van der Waals surface area (Å²) < 4.78 is 11.1. The highest BCUT2D eigenvalue weighted by Crippen LogP contribution is 2.37. The standard InChI is InChI=1S/C30H31Cl2N3O6S/c1-34(2)30(39)41-22-6-4-5-19(16-22)23(17-25(37)40-3)33-29(38)18-9-12-35(13-10-18)24(36)8-7-20-15-21-11-14-42-28(21)27(32)26(20)31/h4-8,11,14-16,18,23H,9-10,12-13,17H2,1-3H3,(H,33,38)/b8-7+. The summed E-state index contributed by atoms with van der Waals surface area (Å²) in [6.45, 7) is 0.800. The molecule has 1 N–H and O–H groups in total. The van der Waals surface area contributed by atoms with Gasteiger partial charge in [0.05, 0.1) is 34.3 Å². The van der Waals surface area contributed by atoms with Crippen LogP contribution in [0.4, 0.5) is 4.79 Å². The molecule has 12 heteroatoms. The van der Waals surface area contributed by atoms with Crippen molar-refractivity contribution in [2.45, 2.75) is 25.3 Å². The molecule has 2 aromatic carbocycles. The van der Waals surface area contributed by atoms with Crippen LogP contribution in [0, 0.1) is 5.92 Å². The molecule has 0 saturated carbocycles. The van der Waals surface area contributed by atoms with Gasteiger partial charge in [-0.1, -0.05) is 35.3 Å². The number of halogens is 2. The number of fused-ring (bicyclic) bond motifs is 1. The Morgan fingerprint density at radius 1 is 1.12 bits per heavy atom. The fourth-order valence-corrected chi connectivity index (χ4v) is 6.04. The molecule has 1 fully saturated rings. The molecule has 0 bridgehead atoms. The Balaban J connectivity index is 1.37. The second kappa shape index (κ2) is 14.0. The molecule has 1 aliphatic rings. The predicted molar refractivity (Wildman–Crippen MR) is 164 cm³/mol. The van der Waals surface area contributed by atoms with Gasteiger partial charge in [-0.2, -0.15) is 0 Å². The number of nitrogens with one attached hydrogen (secondary N) is 1. The SMILES string of the molecule is COC(=O)CC(NC(=O)C1CCN(C(=O)/C=C/c2cc3ccsc3c(Cl)c2Cl)CC1)c1cccc(OC(=O)N(C)C)c1. The number of nitrogens with zero attached hydrogens (tertiary/aromatic N) is 2. The Labute approximate surface area is 258 Å². The van der Waals surface area contributed by atoms with Gasteiger partial charge < -0.3 is 24.6 Å². The first-order valence-electron chi connectivity index (χ1n) is 13.3. The first kappa shape index (κ1) is 31.3. The van der Waals surface area contributed by atoms with Gasteiger partial charge in [0.1, 0.15) is 5.75 Å². The smallest absolute Gasteiger partial charge is 0.414 e. The van der Waals surface area contributed by atoms with Crippen molar-refractivity contribution >= 4 is 74.6 Å². The van der Waals surface area contributed by atoms with Crippen molar-refractivity contribution in [1.82, 2.24) is 15.1 Å². The minimum absolute atomic E-state index is 0.0980. The maximum atomic E-state index is 13.2. The van der Waals surface area contributed by atoms with E-state index in [0.29, 0.717) is 47.1 Å². The van der Waals surface area contributed by atoms with Crippen molar-refractivity contribution in [2.75, 3.05) is 34.3 Å². The zero-order chi connectivity index (χ0) is 30.4. The largest absolute Gasteiger partial charge is 0.469 e. The van der Waals surface area contributed by atoms with E-state index in [-0.39, 0.29) is 29.9 Å². The van der Waals surface area contributed by atoms with Crippen LogP contribution >= 0.6 is 34.5 Å². The molecule has 1 aliphatic heterocycles. The van der Waals surface area contributed by atoms with Gasteiger partial charge in [0.25, 0.3) is 0 Å². The molecular formula is C30H31Cl2N3O6S. The van der Waals surface area contributed by atoms with Crippen LogP contribution in [0.2, 0.25) is 10.0 Å². The van der Waals surface area contributed by atoms with Gasteiger partial charge in [-0.25, -0.2) is 4.79 Å². The number of hydrogen-bond donors (Lipinski definition) is 1. The third-order valence-corrected chi connectivity index (χ3v) is 8.92. The number of carbonyl (C=O) groups is 4. The molecule has 1 aromatic heterocycles. The lowest BCUT2D eigenvalue weighted by molar-refractivity contribution is -0.141. The lowest BCUT2D eigenvalue weighted by Crippen LogP contribution is -2.43. The van der Waals surface area contributed by atoms with Crippen molar-refractivity contribution < 1.29 is 28.7 Å². The Bertz CT molecular complexity index is 1510. The number of rotatable bonds is 8. The maximum Gasteiger partial charge on any atom is 0.414 e. The van der Waals surface area contributed by atoms with Crippen LogP contribution in [-0.4, -0.2) is 68.0 Å². The number of likely N-dealkylation sites (tertiary alicyclic amines) is 1. The number of hydrogen-bond acceptors (Lipinski definition) is 7. The summed E-state index contributed by atoms with van der Waals surface area (Å²) in [5, 5.41) is 6.71. The van der Waals surface area contributed by atoms with Gasteiger partial charge in [-0.05, 0) is 65.1 Å². The number of ether oxygens (including phenoxy) is 2. The summed E-state index contributed by atoms with van der Waals surface area (Å²) >= 11 is 14.3. The lowest BCUT2D eigenvalue weighted by atomic mass is 9.94. The van der Waals surface area contributed by atoms with E-state index in [4.69, 9.17) is 32.7 Å². The summed E-state index contributed by atoms with van der Waals surface area (Å²) in [6.07, 6.45) is 3.41. The average molecular weight is 633 g/mol. The molecule has 222 valence electrons. The number of amides is 3. The summed E-state index contributed by atoms with van der Waals surface area (Å²) in [7, 11) is 4.41. The molecule has 1 atom stereocenters. The molecule has 2 heterocycles. The van der Waals surface area contributed by atoms with Gasteiger partial charge in [-0.15, -0.1) is 11.3 Å². The number of benzene rings is 2. The minimum atomic E-state index is -0.692. The van der Waals surface area contributed by atoms with Crippen molar-refractivity contribution in [3.8, 4) is 5.75 Å². The highest BCUT2D eigenvalue weighted by molar-refractivity contribution is 7.18. The molecule has 42 heavy (non-hydrogen) atoms. The fourth-order valence-electron chi connectivity index (χ4n) is 4.60. The first-order chi connectivity index (χ1) is 20.1. The van der Waals surface area contributed by atoms with Crippen molar-refractivity contribution in [3.05, 3.63) is 69.0 Å². The zero-order valence-electron chi connectivity index (χ0n) is 23.4. The molecule has 1 saturated heterocycles. The Kier molecular flexibility index (Phi) is 10.5. The van der Waals surface area contributed by atoms with Crippen LogP contribution in [0.15, 0.2) is 47.9 Å². The van der Waals surface area contributed by atoms with E-state index in [1.807, 2.05) is 17.5 Å². The topological polar surface area (TPSA) is 105 Å². The molecule has 1 unspecified atom stereocenters. The third kappa shape index (κ3) is 7.61. The van der Waals surface area contributed by atoms with Crippen molar-refractivity contribution in [3.63, 3.8) is 0 Å².